The number of ether oxygens (including phenoxy) is 2. The summed E-state index contributed by atoms with van der Waals surface area (Å²) in [7, 11) is 0. The van der Waals surface area contributed by atoms with Gasteiger partial charge in [-0.05, 0) is 45.0 Å². The molecule has 1 aromatic rings. The summed E-state index contributed by atoms with van der Waals surface area (Å²) in [5.74, 6) is -0.573. The van der Waals surface area contributed by atoms with Crippen LogP contribution in [0.1, 0.15) is 31.1 Å². The van der Waals surface area contributed by atoms with Crippen LogP contribution >= 0.6 is 0 Å². The van der Waals surface area contributed by atoms with Crippen LogP contribution in [-0.4, -0.2) is 42.3 Å². The SMILES string of the molecule is CC(C)(C)Oc1ccc(C(=O)NCCOCC(=O)O)cc1. The van der Waals surface area contributed by atoms with E-state index in [1.165, 1.54) is 0 Å². The summed E-state index contributed by atoms with van der Waals surface area (Å²) in [6.45, 7) is 5.89. The molecule has 0 unspecified atom stereocenters. The van der Waals surface area contributed by atoms with Crippen LogP contribution in [0.15, 0.2) is 24.3 Å². The number of carbonyl (C=O) groups is 2. The molecule has 0 heterocycles. The van der Waals surface area contributed by atoms with Crippen molar-refractivity contribution in [1.82, 2.24) is 5.32 Å². The normalized spacial score (nSPS) is 11.0. The minimum Gasteiger partial charge on any atom is -0.488 e. The summed E-state index contributed by atoms with van der Waals surface area (Å²) in [6, 6.07) is 6.82. The summed E-state index contributed by atoms with van der Waals surface area (Å²) in [6.07, 6.45) is 0. The molecule has 0 aromatic heterocycles. The average molecular weight is 295 g/mol. The first-order valence-corrected chi connectivity index (χ1v) is 6.65. The van der Waals surface area contributed by atoms with Gasteiger partial charge in [0.2, 0.25) is 0 Å². The fourth-order valence-corrected chi connectivity index (χ4v) is 1.53. The number of hydrogen-bond donors (Lipinski definition) is 2. The van der Waals surface area contributed by atoms with Crippen LogP contribution in [0.3, 0.4) is 0 Å². The molecule has 116 valence electrons. The molecule has 1 aromatic carbocycles. The van der Waals surface area contributed by atoms with Gasteiger partial charge in [-0.2, -0.15) is 0 Å². The third-order valence-corrected chi connectivity index (χ3v) is 2.30. The summed E-state index contributed by atoms with van der Waals surface area (Å²) in [4.78, 5) is 22.0. The second-order valence-corrected chi connectivity index (χ2v) is 5.44. The fourth-order valence-electron chi connectivity index (χ4n) is 1.53. The van der Waals surface area contributed by atoms with Gasteiger partial charge in [0.05, 0.1) is 6.61 Å². The van der Waals surface area contributed by atoms with Gasteiger partial charge < -0.3 is 19.9 Å². The molecular weight excluding hydrogens is 274 g/mol. The Kier molecular flexibility index (Phi) is 6.17. The van der Waals surface area contributed by atoms with Gasteiger partial charge in [0.25, 0.3) is 5.91 Å². The summed E-state index contributed by atoms with van der Waals surface area (Å²) in [5.41, 5.74) is 0.222. The van der Waals surface area contributed by atoms with Gasteiger partial charge in [-0.1, -0.05) is 0 Å². The van der Waals surface area contributed by atoms with Gasteiger partial charge in [-0.25, -0.2) is 4.79 Å². The van der Waals surface area contributed by atoms with E-state index in [4.69, 9.17) is 14.6 Å². The highest BCUT2D eigenvalue weighted by atomic mass is 16.5. The minimum absolute atomic E-state index is 0.156. The average Bonchev–Trinajstić information content (AvgIpc) is 2.36. The Morgan fingerprint density at radius 1 is 1.19 bits per heavy atom. The Morgan fingerprint density at radius 2 is 1.81 bits per heavy atom. The molecule has 0 aliphatic heterocycles. The lowest BCUT2D eigenvalue weighted by Gasteiger charge is -2.21. The van der Waals surface area contributed by atoms with Crippen molar-refractivity contribution in [1.29, 1.82) is 0 Å². The zero-order chi connectivity index (χ0) is 15.9. The maximum atomic E-state index is 11.8. The molecule has 1 rings (SSSR count). The van der Waals surface area contributed by atoms with E-state index in [1.807, 2.05) is 20.8 Å². The molecule has 0 saturated heterocycles. The molecule has 1 amide bonds. The van der Waals surface area contributed by atoms with Crippen LogP contribution in [0.4, 0.5) is 0 Å². The van der Waals surface area contributed by atoms with E-state index in [0.717, 1.165) is 0 Å². The van der Waals surface area contributed by atoms with Crippen LogP contribution in [0.2, 0.25) is 0 Å². The Morgan fingerprint density at radius 3 is 2.33 bits per heavy atom. The van der Waals surface area contributed by atoms with Crippen LogP contribution in [0.25, 0.3) is 0 Å². The van der Waals surface area contributed by atoms with E-state index < -0.39 is 5.97 Å². The lowest BCUT2D eigenvalue weighted by molar-refractivity contribution is -0.142. The number of benzene rings is 1. The van der Waals surface area contributed by atoms with Gasteiger partial charge >= 0.3 is 5.97 Å². The Hall–Kier alpha value is -2.08. The van der Waals surface area contributed by atoms with Gasteiger partial charge in [-0.15, -0.1) is 0 Å². The predicted octanol–water partition coefficient (Wildman–Crippen LogP) is 1.69. The molecule has 6 heteroatoms. The first-order chi connectivity index (χ1) is 9.78. The highest BCUT2D eigenvalue weighted by Crippen LogP contribution is 2.18. The molecule has 0 radical (unpaired) electrons. The molecular formula is C15H21NO5. The van der Waals surface area contributed by atoms with Gasteiger partial charge in [0, 0.05) is 12.1 Å². The van der Waals surface area contributed by atoms with Crippen molar-refractivity contribution < 1.29 is 24.2 Å². The molecule has 0 saturated carbocycles. The van der Waals surface area contributed by atoms with Crippen molar-refractivity contribution in [3.8, 4) is 5.75 Å². The zero-order valence-electron chi connectivity index (χ0n) is 12.5. The van der Waals surface area contributed by atoms with Gasteiger partial charge in [0.1, 0.15) is 18.0 Å². The number of carbonyl (C=O) groups excluding carboxylic acids is 1. The van der Waals surface area contributed by atoms with E-state index in [0.29, 0.717) is 11.3 Å². The van der Waals surface area contributed by atoms with Crippen LogP contribution in [0, 0.1) is 0 Å². The molecule has 2 N–H and O–H groups in total. The fraction of sp³-hybridized carbons (Fsp3) is 0.467. The molecule has 0 aliphatic carbocycles. The lowest BCUT2D eigenvalue weighted by atomic mass is 10.1. The number of aliphatic carboxylic acids is 1. The maximum absolute atomic E-state index is 11.8. The molecule has 0 spiro atoms. The zero-order valence-corrected chi connectivity index (χ0v) is 12.5. The third-order valence-electron chi connectivity index (χ3n) is 2.30. The number of nitrogens with one attached hydrogen (secondary N) is 1. The maximum Gasteiger partial charge on any atom is 0.329 e. The second kappa shape index (κ2) is 7.64. The van der Waals surface area contributed by atoms with E-state index in [-0.39, 0.29) is 31.3 Å². The number of carboxylic acid groups (broad SMARTS) is 1. The van der Waals surface area contributed by atoms with Crippen LogP contribution in [-0.2, 0) is 9.53 Å². The predicted molar refractivity (Wildman–Crippen MR) is 77.6 cm³/mol. The van der Waals surface area contributed by atoms with Crippen molar-refractivity contribution in [3.63, 3.8) is 0 Å². The van der Waals surface area contributed by atoms with E-state index >= 15 is 0 Å². The summed E-state index contributed by atoms with van der Waals surface area (Å²) < 4.78 is 10.5. The van der Waals surface area contributed by atoms with Crippen molar-refractivity contribution in [3.05, 3.63) is 29.8 Å². The van der Waals surface area contributed by atoms with Gasteiger partial charge in [0.15, 0.2) is 0 Å². The van der Waals surface area contributed by atoms with Gasteiger partial charge in [-0.3, -0.25) is 4.79 Å². The quantitative estimate of drug-likeness (QED) is 0.748. The molecule has 21 heavy (non-hydrogen) atoms. The van der Waals surface area contributed by atoms with Crippen molar-refractivity contribution in [2.75, 3.05) is 19.8 Å². The molecule has 0 bridgehead atoms. The van der Waals surface area contributed by atoms with Crippen molar-refractivity contribution >= 4 is 11.9 Å². The number of rotatable bonds is 7. The second-order valence-electron chi connectivity index (χ2n) is 5.44. The lowest BCUT2D eigenvalue weighted by Crippen LogP contribution is -2.28. The first kappa shape index (κ1) is 17.0. The number of carboxylic acids is 1. The standard InChI is InChI=1S/C15H21NO5/c1-15(2,3)21-12-6-4-11(5-7-12)14(19)16-8-9-20-10-13(17)18/h4-7H,8-10H2,1-3H3,(H,16,19)(H,17,18). The van der Waals surface area contributed by atoms with Crippen molar-refractivity contribution in [2.45, 2.75) is 26.4 Å². The molecule has 6 nitrogen and oxygen atoms in total. The first-order valence-electron chi connectivity index (χ1n) is 6.65. The highest BCUT2D eigenvalue weighted by Gasteiger charge is 2.12. The van der Waals surface area contributed by atoms with E-state index in [1.54, 1.807) is 24.3 Å². The Balaban J connectivity index is 2.39. The number of hydrogen-bond acceptors (Lipinski definition) is 4. The largest absolute Gasteiger partial charge is 0.488 e. The highest BCUT2D eigenvalue weighted by molar-refractivity contribution is 5.94. The molecule has 0 fully saturated rings. The molecule has 0 atom stereocenters. The van der Waals surface area contributed by atoms with E-state index in [9.17, 15) is 9.59 Å². The molecule has 0 aliphatic rings. The Labute approximate surface area is 124 Å². The Bertz CT molecular complexity index is 476. The van der Waals surface area contributed by atoms with Crippen LogP contribution in [0.5, 0.6) is 5.75 Å². The third kappa shape index (κ3) is 7.31. The summed E-state index contributed by atoms with van der Waals surface area (Å²) in [5, 5.41) is 11.0. The minimum atomic E-state index is -1.03. The monoisotopic (exact) mass is 295 g/mol. The smallest absolute Gasteiger partial charge is 0.329 e. The van der Waals surface area contributed by atoms with Crippen LogP contribution < -0.4 is 10.1 Å². The summed E-state index contributed by atoms with van der Waals surface area (Å²) >= 11 is 0. The van der Waals surface area contributed by atoms with E-state index in [2.05, 4.69) is 5.32 Å². The van der Waals surface area contributed by atoms with Crippen molar-refractivity contribution in [2.24, 2.45) is 0 Å². The number of amides is 1. The topological polar surface area (TPSA) is 84.9 Å².